The van der Waals surface area contributed by atoms with E-state index in [1.54, 1.807) is 24.3 Å². The predicted molar refractivity (Wildman–Crippen MR) is 113 cm³/mol. The molecule has 0 aliphatic heterocycles. The zero-order valence-electron chi connectivity index (χ0n) is 15.0. The van der Waals surface area contributed by atoms with Crippen LogP contribution in [0.4, 0.5) is 5.69 Å². The van der Waals surface area contributed by atoms with Crippen LogP contribution in [0, 0.1) is 0 Å². The van der Waals surface area contributed by atoms with Gasteiger partial charge in [-0.25, -0.2) is 18.2 Å². The summed E-state index contributed by atoms with van der Waals surface area (Å²) in [7, 11) is -2.77. The van der Waals surface area contributed by atoms with E-state index in [-0.39, 0.29) is 9.77 Å². The number of carbonyl (C=O) groups excluding carboxylic acids is 1. The molecular formula is C19H14ClN3O4S2. The lowest BCUT2D eigenvalue weighted by Gasteiger charge is -2.08. The fourth-order valence-electron chi connectivity index (χ4n) is 2.81. The van der Waals surface area contributed by atoms with Crippen molar-refractivity contribution in [2.45, 2.75) is 4.90 Å². The summed E-state index contributed by atoms with van der Waals surface area (Å²) < 4.78 is 32.6. The monoisotopic (exact) mass is 447 g/mol. The summed E-state index contributed by atoms with van der Waals surface area (Å²) in [4.78, 5) is 19.3. The van der Waals surface area contributed by atoms with Crippen LogP contribution in [0.3, 0.4) is 0 Å². The summed E-state index contributed by atoms with van der Waals surface area (Å²) in [5.41, 5.74) is 2.37. The molecule has 0 spiro atoms. The van der Waals surface area contributed by atoms with Crippen molar-refractivity contribution in [3.8, 4) is 11.4 Å². The molecule has 29 heavy (non-hydrogen) atoms. The first-order chi connectivity index (χ1) is 13.9. The Kier molecular flexibility index (Phi) is 5.03. The zero-order chi connectivity index (χ0) is 20.6. The predicted octanol–water partition coefficient (Wildman–Crippen LogP) is 4.53. The van der Waals surface area contributed by atoms with Crippen molar-refractivity contribution in [2.24, 2.45) is 0 Å². The third-order valence-corrected chi connectivity index (χ3v) is 6.93. The van der Waals surface area contributed by atoms with Crippen molar-refractivity contribution in [1.29, 1.82) is 0 Å². The topological polar surface area (TPSA) is 101 Å². The highest BCUT2D eigenvalue weighted by Crippen LogP contribution is 2.29. The number of carbonyl (C=O) groups is 1. The number of methoxy groups -OCH3 is 1. The second kappa shape index (κ2) is 7.51. The van der Waals surface area contributed by atoms with E-state index < -0.39 is 16.0 Å². The number of rotatable bonds is 5. The number of imidazole rings is 1. The summed E-state index contributed by atoms with van der Waals surface area (Å²) in [5, 5.41) is 2.08. The van der Waals surface area contributed by atoms with Gasteiger partial charge >= 0.3 is 5.97 Å². The van der Waals surface area contributed by atoms with E-state index in [9.17, 15) is 13.2 Å². The average molecular weight is 448 g/mol. The van der Waals surface area contributed by atoms with Gasteiger partial charge in [-0.15, -0.1) is 11.3 Å². The van der Waals surface area contributed by atoms with Gasteiger partial charge in [0, 0.05) is 5.56 Å². The molecule has 4 rings (SSSR count). The quantitative estimate of drug-likeness (QED) is 0.437. The Hall–Kier alpha value is -2.88. The van der Waals surface area contributed by atoms with Gasteiger partial charge in [0.1, 0.15) is 15.6 Å². The van der Waals surface area contributed by atoms with Crippen LogP contribution in [0.15, 0.2) is 58.8 Å². The first-order valence-corrected chi connectivity index (χ1v) is 11.1. The zero-order valence-corrected chi connectivity index (χ0v) is 17.4. The number of sulfonamides is 1. The molecule has 2 aromatic heterocycles. The first kappa shape index (κ1) is 19.4. The Morgan fingerprint density at radius 3 is 2.76 bits per heavy atom. The molecule has 0 amide bonds. The highest BCUT2D eigenvalue weighted by molar-refractivity contribution is 7.93. The number of anilines is 1. The molecule has 0 unspecified atom stereocenters. The van der Waals surface area contributed by atoms with Crippen LogP contribution < -0.4 is 4.72 Å². The van der Waals surface area contributed by atoms with Crippen LogP contribution in [-0.4, -0.2) is 31.5 Å². The molecule has 0 bridgehead atoms. The number of aromatic nitrogens is 2. The molecule has 2 N–H and O–H groups in total. The number of thiophene rings is 1. The molecule has 7 nitrogen and oxygen atoms in total. The molecule has 148 valence electrons. The summed E-state index contributed by atoms with van der Waals surface area (Å²) in [6.45, 7) is 0. The van der Waals surface area contributed by atoms with Crippen molar-refractivity contribution >= 4 is 55.7 Å². The second-order valence-electron chi connectivity index (χ2n) is 6.01. The van der Waals surface area contributed by atoms with Crippen LogP contribution in [0.5, 0.6) is 0 Å². The minimum absolute atomic E-state index is 0.0172. The van der Waals surface area contributed by atoms with Crippen LogP contribution in [0.2, 0.25) is 5.02 Å². The molecule has 4 aromatic rings. The van der Waals surface area contributed by atoms with E-state index in [0.29, 0.717) is 27.6 Å². The Morgan fingerprint density at radius 1 is 1.21 bits per heavy atom. The van der Waals surface area contributed by atoms with Crippen molar-refractivity contribution in [2.75, 3.05) is 11.8 Å². The fraction of sp³-hybridized carbons (Fsp3) is 0.0526. The Bertz CT molecular complexity index is 1330. The molecular weight excluding hydrogens is 434 g/mol. The van der Waals surface area contributed by atoms with E-state index >= 15 is 0 Å². The highest BCUT2D eigenvalue weighted by Gasteiger charge is 2.25. The summed E-state index contributed by atoms with van der Waals surface area (Å²) in [6, 6.07) is 13.6. The Balaban J connectivity index is 1.68. The number of H-pyrrole nitrogens is 1. The smallest absolute Gasteiger partial charge is 0.349 e. The molecule has 0 saturated carbocycles. The lowest BCUT2D eigenvalue weighted by molar-refractivity contribution is 0.0602. The molecule has 0 fully saturated rings. The number of halogens is 1. The Labute approximate surface area is 175 Å². The summed E-state index contributed by atoms with van der Waals surface area (Å²) in [6.07, 6.45) is 0. The van der Waals surface area contributed by atoms with Crippen molar-refractivity contribution in [3.63, 3.8) is 0 Å². The summed E-state index contributed by atoms with van der Waals surface area (Å²) >= 11 is 7.23. The Morgan fingerprint density at radius 2 is 2.00 bits per heavy atom. The maximum atomic E-state index is 12.8. The normalized spacial score (nSPS) is 11.5. The van der Waals surface area contributed by atoms with Gasteiger partial charge in [0.25, 0.3) is 10.0 Å². The molecule has 0 aliphatic rings. The van der Waals surface area contributed by atoms with Crippen LogP contribution in [0.25, 0.3) is 22.4 Å². The third kappa shape index (κ3) is 3.71. The SMILES string of the molecule is COC(=O)c1sccc1S(=O)(=O)Nc1ccc2nc(-c3ccccc3Cl)[nH]c2c1. The first-order valence-electron chi connectivity index (χ1n) is 8.32. The molecule has 2 heterocycles. The number of hydrogen-bond acceptors (Lipinski definition) is 6. The standard InChI is InChI=1S/C19H14ClN3O4S2/c1-27-19(24)17-16(8-9-28-17)29(25,26)23-11-6-7-14-15(10-11)22-18(21-14)12-4-2-3-5-13(12)20/h2-10,23H,1H3,(H,21,22). The van der Waals surface area contributed by atoms with E-state index in [2.05, 4.69) is 19.4 Å². The van der Waals surface area contributed by atoms with Crippen LogP contribution in [0.1, 0.15) is 9.67 Å². The molecule has 2 aromatic carbocycles. The molecule has 10 heteroatoms. The van der Waals surface area contributed by atoms with Crippen LogP contribution >= 0.6 is 22.9 Å². The summed E-state index contributed by atoms with van der Waals surface area (Å²) in [5.74, 6) is -0.120. The molecule has 0 radical (unpaired) electrons. The highest BCUT2D eigenvalue weighted by atomic mass is 35.5. The van der Waals surface area contributed by atoms with E-state index in [1.165, 1.54) is 18.6 Å². The fourth-order valence-corrected chi connectivity index (χ4v) is 5.43. The number of nitrogens with one attached hydrogen (secondary N) is 2. The lowest BCUT2D eigenvalue weighted by Crippen LogP contribution is -2.15. The molecule has 0 saturated heterocycles. The van der Waals surface area contributed by atoms with Gasteiger partial charge in [-0.3, -0.25) is 4.72 Å². The molecule has 0 atom stereocenters. The van der Waals surface area contributed by atoms with Gasteiger partial charge in [0.2, 0.25) is 0 Å². The van der Waals surface area contributed by atoms with Crippen molar-refractivity contribution in [1.82, 2.24) is 9.97 Å². The van der Waals surface area contributed by atoms with E-state index in [4.69, 9.17) is 11.6 Å². The maximum absolute atomic E-state index is 12.8. The maximum Gasteiger partial charge on any atom is 0.349 e. The number of nitrogens with zero attached hydrogens (tertiary/aromatic N) is 1. The minimum atomic E-state index is -3.97. The van der Waals surface area contributed by atoms with Crippen molar-refractivity contribution < 1.29 is 17.9 Å². The number of ether oxygens (including phenoxy) is 1. The number of esters is 1. The minimum Gasteiger partial charge on any atom is -0.465 e. The molecule has 0 aliphatic carbocycles. The van der Waals surface area contributed by atoms with Crippen LogP contribution in [-0.2, 0) is 14.8 Å². The lowest BCUT2D eigenvalue weighted by atomic mass is 10.2. The van der Waals surface area contributed by atoms with E-state index in [0.717, 1.165) is 16.9 Å². The second-order valence-corrected chi connectivity index (χ2v) is 8.98. The third-order valence-electron chi connectivity index (χ3n) is 4.15. The van der Waals surface area contributed by atoms with Gasteiger partial charge in [0.15, 0.2) is 0 Å². The number of fused-ring (bicyclic) bond motifs is 1. The van der Waals surface area contributed by atoms with E-state index in [1.807, 2.05) is 18.2 Å². The average Bonchev–Trinajstić information content (AvgIpc) is 3.34. The number of aromatic amines is 1. The van der Waals surface area contributed by atoms with Crippen molar-refractivity contribution in [3.05, 3.63) is 63.8 Å². The van der Waals surface area contributed by atoms with Gasteiger partial charge in [-0.2, -0.15) is 0 Å². The van der Waals surface area contributed by atoms with Gasteiger partial charge < -0.3 is 9.72 Å². The number of benzene rings is 2. The largest absolute Gasteiger partial charge is 0.465 e. The van der Waals surface area contributed by atoms with Gasteiger partial charge in [0.05, 0.1) is 28.9 Å². The van der Waals surface area contributed by atoms with Gasteiger partial charge in [-0.05, 0) is 41.8 Å². The number of hydrogen-bond donors (Lipinski definition) is 2. The van der Waals surface area contributed by atoms with Gasteiger partial charge in [-0.1, -0.05) is 23.7 Å².